The van der Waals surface area contributed by atoms with E-state index in [2.05, 4.69) is 15.5 Å². The molecule has 0 aliphatic carbocycles. The molecule has 1 N–H and O–H groups in total. The Labute approximate surface area is 91.5 Å². The van der Waals surface area contributed by atoms with Crippen molar-refractivity contribution in [1.82, 2.24) is 20.2 Å². The van der Waals surface area contributed by atoms with Gasteiger partial charge in [-0.2, -0.15) is 0 Å². The van der Waals surface area contributed by atoms with E-state index >= 15 is 0 Å². The molecule has 0 saturated carbocycles. The van der Waals surface area contributed by atoms with Gasteiger partial charge in [0.2, 0.25) is 0 Å². The molecule has 0 saturated heterocycles. The highest BCUT2D eigenvalue weighted by atomic mass is 16.4. The molecule has 6 heteroatoms. The van der Waals surface area contributed by atoms with Crippen LogP contribution in [0.25, 0.3) is 5.69 Å². The summed E-state index contributed by atoms with van der Waals surface area (Å²) in [6.07, 6.45) is 1.48. The standard InChI is InChI=1S/C10H10N4O2/c1-7(10(15)16)8-2-4-9(5-3-8)14-6-11-12-13-14/h2-7H,1H3,(H,15,16)/t7-/m1/s1. The minimum Gasteiger partial charge on any atom is -0.481 e. The fourth-order valence-corrected chi connectivity index (χ4v) is 1.34. The summed E-state index contributed by atoms with van der Waals surface area (Å²) >= 11 is 0. The number of carboxylic acids is 1. The van der Waals surface area contributed by atoms with Gasteiger partial charge in [-0.15, -0.1) is 5.10 Å². The van der Waals surface area contributed by atoms with E-state index in [1.807, 2.05) is 0 Å². The zero-order valence-electron chi connectivity index (χ0n) is 8.61. The zero-order valence-corrected chi connectivity index (χ0v) is 8.61. The fourth-order valence-electron chi connectivity index (χ4n) is 1.34. The second-order valence-electron chi connectivity index (χ2n) is 3.41. The number of aliphatic carboxylic acids is 1. The fraction of sp³-hybridized carbons (Fsp3) is 0.200. The summed E-state index contributed by atoms with van der Waals surface area (Å²) in [4.78, 5) is 10.8. The zero-order chi connectivity index (χ0) is 11.5. The Kier molecular flexibility index (Phi) is 2.63. The average molecular weight is 218 g/mol. The maximum Gasteiger partial charge on any atom is 0.310 e. The second kappa shape index (κ2) is 4.09. The van der Waals surface area contributed by atoms with Crippen molar-refractivity contribution in [2.75, 3.05) is 0 Å². The molecule has 82 valence electrons. The molecule has 2 aromatic rings. The lowest BCUT2D eigenvalue weighted by Gasteiger charge is -2.07. The molecule has 0 radical (unpaired) electrons. The summed E-state index contributed by atoms with van der Waals surface area (Å²) < 4.78 is 1.51. The van der Waals surface area contributed by atoms with E-state index in [-0.39, 0.29) is 0 Å². The molecule has 16 heavy (non-hydrogen) atoms. The van der Waals surface area contributed by atoms with E-state index in [1.165, 1.54) is 11.0 Å². The molecule has 6 nitrogen and oxygen atoms in total. The summed E-state index contributed by atoms with van der Waals surface area (Å²) in [6, 6.07) is 7.09. The Balaban J connectivity index is 2.26. The third-order valence-electron chi connectivity index (χ3n) is 2.38. The normalized spacial score (nSPS) is 12.3. The van der Waals surface area contributed by atoms with Gasteiger partial charge in [0.25, 0.3) is 0 Å². The number of carboxylic acid groups (broad SMARTS) is 1. The number of aromatic nitrogens is 4. The first-order valence-electron chi connectivity index (χ1n) is 4.74. The Morgan fingerprint density at radius 2 is 2.06 bits per heavy atom. The van der Waals surface area contributed by atoms with Crippen molar-refractivity contribution in [2.45, 2.75) is 12.8 Å². The van der Waals surface area contributed by atoms with Crippen LogP contribution in [0.2, 0.25) is 0 Å². The topological polar surface area (TPSA) is 80.9 Å². The molecule has 1 aromatic carbocycles. The molecule has 0 spiro atoms. The summed E-state index contributed by atoms with van der Waals surface area (Å²) in [6.45, 7) is 1.65. The van der Waals surface area contributed by atoms with Crippen molar-refractivity contribution >= 4 is 5.97 Å². The maximum absolute atomic E-state index is 10.8. The summed E-state index contributed by atoms with van der Waals surface area (Å²) in [5.41, 5.74) is 1.55. The summed E-state index contributed by atoms with van der Waals surface area (Å²) in [7, 11) is 0. The molecule has 2 rings (SSSR count). The van der Waals surface area contributed by atoms with Crippen LogP contribution in [0.1, 0.15) is 18.4 Å². The first-order valence-corrected chi connectivity index (χ1v) is 4.74. The Morgan fingerprint density at radius 3 is 2.56 bits per heavy atom. The van der Waals surface area contributed by atoms with Crippen molar-refractivity contribution in [1.29, 1.82) is 0 Å². The van der Waals surface area contributed by atoms with Crippen molar-refractivity contribution in [3.8, 4) is 5.69 Å². The molecular formula is C10H10N4O2. The van der Waals surface area contributed by atoms with Crippen LogP contribution in [0.4, 0.5) is 0 Å². The molecule has 0 unspecified atom stereocenters. The van der Waals surface area contributed by atoms with Gasteiger partial charge < -0.3 is 5.11 Å². The van der Waals surface area contributed by atoms with Gasteiger partial charge in [0.05, 0.1) is 11.6 Å². The van der Waals surface area contributed by atoms with Gasteiger partial charge in [0.1, 0.15) is 6.33 Å². The number of benzene rings is 1. The predicted octanol–water partition coefficient (Wildman–Crippen LogP) is 0.850. The van der Waals surface area contributed by atoms with Gasteiger partial charge in [-0.3, -0.25) is 4.79 Å². The third kappa shape index (κ3) is 1.90. The molecule has 1 atom stereocenters. The number of carbonyl (C=O) groups is 1. The van der Waals surface area contributed by atoms with Crippen LogP contribution in [0.5, 0.6) is 0 Å². The van der Waals surface area contributed by atoms with Gasteiger partial charge in [0, 0.05) is 0 Å². The van der Waals surface area contributed by atoms with Crippen LogP contribution in [0.15, 0.2) is 30.6 Å². The van der Waals surface area contributed by atoms with Crippen LogP contribution in [0.3, 0.4) is 0 Å². The first kappa shape index (κ1) is 10.3. The molecule has 0 aliphatic rings. The highest BCUT2D eigenvalue weighted by molar-refractivity contribution is 5.75. The summed E-state index contributed by atoms with van der Waals surface area (Å²) in [5.74, 6) is -1.35. The lowest BCUT2D eigenvalue weighted by atomic mass is 10.0. The van der Waals surface area contributed by atoms with E-state index in [9.17, 15) is 4.79 Å². The van der Waals surface area contributed by atoms with Crippen LogP contribution in [-0.2, 0) is 4.79 Å². The Bertz CT molecular complexity index is 478. The van der Waals surface area contributed by atoms with E-state index in [0.717, 1.165) is 11.3 Å². The van der Waals surface area contributed by atoms with Crippen LogP contribution in [0, 0.1) is 0 Å². The van der Waals surface area contributed by atoms with Crippen LogP contribution < -0.4 is 0 Å². The minimum absolute atomic E-state index is 0.511. The second-order valence-corrected chi connectivity index (χ2v) is 3.41. The van der Waals surface area contributed by atoms with E-state index < -0.39 is 11.9 Å². The lowest BCUT2D eigenvalue weighted by Crippen LogP contribution is -2.07. The number of nitrogens with zero attached hydrogens (tertiary/aromatic N) is 4. The van der Waals surface area contributed by atoms with Gasteiger partial charge in [-0.1, -0.05) is 12.1 Å². The molecule has 0 aliphatic heterocycles. The first-order chi connectivity index (χ1) is 7.68. The van der Waals surface area contributed by atoms with Crippen LogP contribution >= 0.6 is 0 Å². The quantitative estimate of drug-likeness (QED) is 0.825. The smallest absolute Gasteiger partial charge is 0.310 e. The van der Waals surface area contributed by atoms with Gasteiger partial charge in [0.15, 0.2) is 0 Å². The van der Waals surface area contributed by atoms with E-state index in [4.69, 9.17) is 5.11 Å². The molecular weight excluding hydrogens is 208 g/mol. The SMILES string of the molecule is C[C@@H](C(=O)O)c1ccc(-n2cnnn2)cc1. The molecule has 0 amide bonds. The summed E-state index contributed by atoms with van der Waals surface area (Å²) in [5, 5.41) is 19.6. The third-order valence-corrected chi connectivity index (χ3v) is 2.38. The van der Waals surface area contributed by atoms with Crippen molar-refractivity contribution in [3.05, 3.63) is 36.2 Å². The van der Waals surface area contributed by atoms with Gasteiger partial charge in [-0.25, -0.2) is 4.68 Å². The minimum atomic E-state index is -0.838. The predicted molar refractivity (Wildman–Crippen MR) is 55.2 cm³/mol. The highest BCUT2D eigenvalue weighted by Gasteiger charge is 2.13. The van der Waals surface area contributed by atoms with Gasteiger partial charge in [-0.05, 0) is 35.0 Å². The number of hydrogen-bond donors (Lipinski definition) is 1. The maximum atomic E-state index is 10.8. The average Bonchev–Trinajstić information content (AvgIpc) is 2.81. The molecule has 1 heterocycles. The number of tetrazole rings is 1. The lowest BCUT2D eigenvalue weighted by molar-refractivity contribution is -0.138. The molecule has 0 fully saturated rings. The monoisotopic (exact) mass is 218 g/mol. The highest BCUT2D eigenvalue weighted by Crippen LogP contribution is 2.17. The van der Waals surface area contributed by atoms with Crippen LogP contribution in [-0.4, -0.2) is 31.3 Å². The molecule has 1 aromatic heterocycles. The van der Waals surface area contributed by atoms with E-state index in [0.29, 0.717) is 0 Å². The Hall–Kier alpha value is -2.24. The van der Waals surface area contributed by atoms with Crippen molar-refractivity contribution in [2.24, 2.45) is 0 Å². The Morgan fingerprint density at radius 1 is 1.38 bits per heavy atom. The van der Waals surface area contributed by atoms with Crippen molar-refractivity contribution in [3.63, 3.8) is 0 Å². The van der Waals surface area contributed by atoms with E-state index in [1.54, 1.807) is 31.2 Å². The number of hydrogen-bond acceptors (Lipinski definition) is 4. The number of rotatable bonds is 3. The largest absolute Gasteiger partial charge is 0.481 e. The molecule has 0 bridgehead atoms. The van der Waals surface area contributed by atoms with Crippen molar-refractivity contribution < 1.29 is 9.90 Å². The van der Waals surface area contributed by atoms with Gasteiger partial charge >= 0.3 is 5.97 Å².